The van der Waals surface area contributed by atoms with E-state index < -0.39 is 5.25 Å². The molecule has 1 fully saturated rings. The molecule has 3 rings (SSSR count). The number of anilines is 1. The summed E-state index contributed by atoms with van der Waals surface area (Å²) in [6, 6.07) is 5.43. The molecule has 124 valence electrons. The number of nitrogens with one attached hydrogen (secondary N) is 1. The second-order valence-electron chi connectivity index (χ2n) is 5.98. The van der Waals surface area contributed by atoms with Gasteiger partial charge in [0, 0.05) is 22.9 Å². The monoisotopic (exact) mass is 354 g/mol. The fraction of sp³-hybridized carbons (Fsp3) is 0.500. The van der Waals surface area contributed by atoms with E-state index >= 15 is 0 Å². The van der Waals surface area contributed by atoms with Crippen molar-refractivity contribution in [3.05, 3.63) is 23.2 Å². The fourth-order valence-electron chi connectivity index (χ4n) is 2.78. The van der Waals surface area contributed by atoms with Gasteiger partial charge in [-0.3, -0.25) is 9.59 Å². The first-order valence-corrected chi connectivity index (χ1v) is 8.88. The van der Waals surface area contributed by atoms with E-state index in [9.17, 15) is 9.59 Å². The first-order valence-electron chi connectivity index (χ1n) is 7.62. The number of hydrogen-bond donors (Lipinski definition) is 1. The largest absolute Gasteiger partial charge is 0.375 e. The first kappa shape index (κ1) is 16.6. The van der Waals surface area contributed by atoms with Crippen molar-refractivity contribution in [2.45, 2.75) is 42.6 Å². The summed E-state index contributed by atoms with van der Waals surface area (Å²) in [5.41, 5.74) is 0.713. The molecule has 5 nitrogen and oxygen atoms in total. The van der Waals surface area contributed by atoms with Crippen LogP contribution < -0.4 is 5.32 Å². The molecule has 0 saturated carbocycles. The average Bonchev–Trinajstić information content (AvgIpc) is 2.50. The van der Waals surface area contributed by atoms with Crippen LogP contribution in [0.15, 0.2) is 23.1 Å². The van der Waals surface area contributed by atoms with Crippen LogP contribution in [0.5, 0.6) is 0 Å². The quantitative estimate of drug-likeness (QED) is 0.887. The molecule has 0 bridgehead atoms. The Morgan fingerprint density at radius 3 is 3.04 bits per heavy atom. The van der Waals surface area contributed by atoms with E-state index in [1.54, 1.807) is 12.1 Å². The van der Waals surface area contributed by atoms with Crippen LogP contribution in [0.25, 0.3) is 0 Å². The van der Waals surface area contributed by atoms with Crippen molar-refractivity contribution in [3.8, 4) is 0 Å². The molecule has 1 aromatic rings. The van der Waals surface area contributed by atoms with Gasteiger partial charge in [-0.15, -0.1) is 11.8 Å². The molecule has 3 atom stereocenters. The Morgan fingerprint density at radius 2 is 2.26 bits per heavy atom. The number of carbonyl (C=O) groups is 2. The smallest absolute Gasteiger partial charge is 0.238 e. The van der Waals surface area contributed by atoms with Crippen molar-refractivity contribution in [3.63, 3.8) is 0 Å². The number of fused-ring (bicyclic) bond motifs is 1. The van der Waals surface area contributed by atoms with Crippen LogP contribution in [0.3, 0.4) is 0 Å². The Morgan fingerprint density at radius 1 is 1.48 bits per heavy atom. The summed E-state index contributed by atoms with van der Waals surface area (Å²) < 4.78 is 5.55. The van der Waals surface area contributed by atoms with Gasteiger partial charge in [-0.25, -0.2) is 0 Å². The molecule has 0 radical (unpaired) electrons. The van der Waals surface area contributed by atoms with Crippen molar-refractivity contribution >= 4 is 40.9 Å². The maximum absolute atomic E-state index is 12.6. The van der Waals surface area contributed by atoms with Crippen molar-refractivity contribution in [2.75, 3.05) is 18.5 Å². The minimum absolute atomic E-state index is 0.00212. The molecule has 2 amide bonds. The minimum atomic E-state index is -0.415. The maximum atomic E-state index is 12.6. The summed E-state index contributed by atoms with van der Waals surface area (Å²) >= 11 is 7.36. The molecule has 2 aliphatic rings. The Hall–Kier alpha value is -1.24. The van der Waals surface area contributed by atoms with Crippen LogP contribution in [0.1, 0.15) is 20.3 Å². The summed E-state index contributed by atoms with van der Waals surface area (Å²) in [4.78, 5) is 27.6. The molecule has 23 heavy (non-hydrogen) atoms. The van der Waals surface area contributed by atoms with Gasteiger partial charge < -0.3 is 15.0 Å². The van der Waals surface area contributed by atoms with Crippen molar-refractivity contribution < 1.29 is 14.3 Å². The molecule has 1 saturated heterocycles. The van der Waals surface area contributed by atoms with Gasteiger partial charge in [0.2, 0.25) is 11.8 Å². The maximum Gasteiger partial charge on any atom is 0.238 e. The normalized spacial score (nSPS) is 27.3. The molecule has 2 heterocycles. The standard InChI is InChI=1S/C16H19ClN2O3S/c1-9-8-22-10(2)7-19(9)15(20)6-14-16(21)18-12-5-11(17)3-4-13(12)23-14/h3-5,9-10,14H,6-8H2,1-2H3,(H,18,21). The number of morpholine rings is 1. The van der Waals surface area contributed by atoms with Crippen LogP contribution in [-0.2, 0) is 14.3 Å². The van der Waals surface area contributed by atoms with Gasteiger partial charge in [-0.05, 0) is 32.0 Å². The molecule has 0 spiro atoms. The molecule has 1 aromatic carbocycles. The number of nitrogens with zero attached hydrogens (tertiary/aromatic N) is 1. The van der Waals surface area contributed by atoms with E-state index in [1.807, 2.05) is 24.8 Å². The fourth-order valence-corrected chi connectivity index (χ4v) is 4.04. The highest BCUT2D eigenvalue weighted by Gasteiger charge is 2.33. The van der Waals surface area contributed by atoms with Gasteiger partial charge in [0.15, 0.2) is 0 Å². The van der Waals surface area contributed by atoms with Gasteiger partial charge >= 0.3 is 0 Å². The second-order valence-corrected chi connectivity index (χ2v) is 7.66. The predicted molar refractivity (Wildman–Crippen MR) is 90.9 cm³/mol. The summed E-state index contributed by atoms with van der Waals surface area (Å²) in [5, 5.41) is 3.00. The van der Waals surface area contributed by atoms with Gasteiger partial charge in [0.25, 0.3) is 0 Å². The number of ether oxygens (including phenoxy) is 1. The van der Waals surface area contributed by atoms with Crippen LogP contribution in [0.4, 0.5) is 5.69 Å². The summed E-state index contributed by atoms with van der Waals surface area (Å²) in [5.74, 6) is -0.148. The highest BCUT2D eigenvalue weighted by Crippen LogP contribution is 2.38. The van der Waals surface area contributed by atoms with E-state index in [0.29, 0.717) is 23.9 Å². The van der Waals surface area contributed by atoms with Gasteiger partial charge in [-0.1, -0.05) is 11.6 Å². The zero-order valence-electron chi connectivity index (χ0n) is 13.0. The topological polar surface area (TPSA) is 58.6 Å². The number of rotatable bonds is 2. The molecule has 2 aliphatic heterocycles. The van der Waals surface area contributed by atoms with Crippen LogP contribution in [-0.4, -0.2) is 47.3 Å². The first-order chi connectivity index (χ1) is 10.9. The molecule has 0 aliphatic carbocycles. The number of thioether (sulfide) groups is 1. The molecule has 7 heteroatoms. The van der Waals surface area contributed by atoms with Gasteiger partial charge in [0.1, 0.15) is 0 Å². The van der Waals surface area contributed by atoms with Crippen LogP contribution in [0, 0.1) is 0 Å². The van der Waals surface area contributed by atoms with Gasteiger partial charge in [0.05, 0.1) is 29.7 Å². The average molecular weight is 355 g/mol. The molecule has 1 N–H and O–H groups in total. The Labute approximate surface area is 144 Å². The van der Waals surface area contributed by atoms with Crippen molar-refractivity contribution in [2.24, 2.45) is 0 Å². The molecule has 0 aromatic heterocycles. The highest BCUT2D eigenvalue weighted by atomic mass is 35.5. The third kappa shape index (κ3) is 3.65. The van der Waals surface area contributed by atoms with E-state index in [2.05, 4.69) is 5.32 Å². The van der Waals surface area contributed by atoms with Crippen LogP contribution >= 0.6 is 23.4 Å². The van der Waals surface area contributed by atoms with Gasteiger partial charge in [-0.2, -0.15) is 0 Å². The lowest BCUT2D eigenvalue weighted by Gasteiger charge is -2.37. The predicted octanol–water partition coefficient (Wildman–Crippen LogP) is 2.78. The zero-order chi connectivity index (χ0) is 16.6. The summed E-state index contributed by atoms with van der Waals surface area (Å²) in [6.07, 6.45) is 0.223. The zero-order valence-corrected chi connectivity index (χ0v) is 14.6. The number of hydrogen-bond acceptors (Lipinski definition) is 4. The SMILES string of the molecule is CC1CN(C(=O)CC2Sc3ccc(Cl)cc3NC2=O)C(C)CO1. The summed E-state index contributed by atoms with van der Waals surface area (Å²) in [7, 11) is 0. The lowest BCUT2D eigenvalue weighted by atomic mass is 10.1. The van der Waals surface area contributed by atoms with Crippen molar-refractivity contribution in [1.29, 1.82) is 0 Å². The van der Waals surface area contributed by atoms with E-state index in [0.717, 1.165) is 4.90 Å². The minimum Gasteiger partial charge on any atom is -0.375 e. The Kier molecular flexibility index (Phi) is 4.85. The third-order valence-electron chi connectivity index (χ3n) is 4.05. The third-order valence-corrected chi connectivity index (χ3v) is 5.56. The summed E-state index contributed by atoms with van der Waals surface area (Å²) in [6.45, 7) is 5.03. The van der Waals surface area contributed by atoms with Crippen molar-refractivity contribution in [1.82, 2.24) is 4.90 Å². The highest BCUT2D eigenvalue weighted by molar-refractivity contribution is 8.01. The second kappa shape index (κ2) is 6.71. The number of halogens is 1. The molecular formula is C16H19ClN2O3S. The van der Waals surface area contributed by atoms with E-state index in [-0.39, 0.29) is 30.4 Å². The molecule has 3 unspecified atom stereocenters. The lowest BCUT2D eigenvalue weighted by molar-refractivity contribution is -0.143. The van der Waals surface area contributed by atoms with E-state index in [4.69, 9.17) is 16.3 Å². The number of benzene rings is 1. The van der Waals surface area contributed by atoms with E-state index in [1.165, 1.54) is 11.8 Å². The van der Waals surface area contributed by atoms with Crippen LogP contribution in [0.2, 0.25) is 5.02 Å². The Bertz CT molecular complexity index is 640. The number of amides is 2. The number of carbonyl (C=O) groups excluding carboxylic acids is 2. The molecular weight excluding hydrogens is 336 g/mol. The Balaban J connectivity index is 1.69. The lowest BCUT2D eigenvalue weighted by Crippen LogP contribution is -2.51.